The summed E-state index contributed by atoms with van der Waals surface area (Å²) in [4.78, 5) is 16.2. The smallest absolute Gasteiger partial charge is 0.228 e. The minimum Gasteiger partial charge on any atom is -0.314 e. The molecule has 0 radical (unpaired) electrons. The zero-order valence-corrected chi connectivity index (χ0v) is 11.3. The molecular formula is C12H16BrN3O. The van der Waals surface area contributed by atoms with Crippen LogP contribution in [-0.4, -0.2) is 23.5 Å². The Kier molecular flexibility index (Phi) is 4.12. The summed E-state index contributed by atoms with van der Waals surface area (Å²) in [6.07, 6.45) is 3.45. The van der Waals surface area contributed by atoms with Crippen molar-refractivity contribution in [1.82, 2.24) is 10.3 Å². The minimum absolute atomic E-state index is 0.0674. The van der Waals surface area contributed by atoms with Crippen LogP contribution >= 0.6 is 15.9 Å². The molecule has 2 N–H and O–H groups in total. The van der Waals surface area contributed by atoms with Crippen LogP contribution in [0.5, 0.6) is 0 Å². The topological polar surface area (TPSA) is 54.0 Å². The molecule has 17 heavy (non-hydrogen) atoms. The number of nitrogens with zero attached hydrogens (tertiary/aromatic N) is 1. The molecule has 1 aliphatic heterocycles. The summed E-state index contributed by atoms with van der Waals surface area (Å²) in [6, 6.07) is 4.10. The molecule has 1 aliphatic rings. The fraction of sp³-hybridized carbons (Fsp3) is 0.500. The predicted molar refractivity (Wildman–Crippen MR) is 70.8 cm³/mol. The maximum Gasteiger partial charge on any atom is 0.228 e. The maximum atomic E-state index is 12.1. The van der Waals surface area contributed by atoms with Gasteiger partial charge in [0.2, 0.25) is 5.91 Å². The van der Waals surface area contributed by atoms with E-state index in [1.165, 1.54) is 0 Å². The molecule has 5 heteroatoms. The van der Waals surface area contributed by atoms with Crippen LogP contribution in [0.1, 0.15) is 19.8 Å². The van der Waals surface area contributed by atoms with Gasteiger partial charge >= 0.3 is 0 Å². The molecule has 0 aliphatic carbocycles. The molecule has 1 aromatic heterocycles. The van der Waals surface area contributed by atoms with Gasteiger partial charge in [0.05, 0.1) is 4.47 Å². The molecule has 2 atom stereocenters. The number of amides is 1. The monoisotopic (exact) mass is 297 g/mol. The van der Waals surface area contributed by atoms with Gasteiger partial charge in [-0.2, -0.15) is 0 Å². The first-order chi connectivity index (χ1) is 8.16. The summed E-state index contributed by atoms with van der Waals surface area (Å²) in [7, 11) is 0. The van der Waals surface area contributed by atoms with Crippen LogP contribution in [0.4, 0.5) is 5.82 Å². The van der Waals surface area contributed by atoms with E-state index in [0.717, 1.165) is 23.9 Å². The van der Waals surface area contributed by atoms with Gasteiger partial charge in [-0.05, 0) is 54.4 Å². The highest BCUT2D eigenvalue weighted by Crippen LogP contribution is 2.22. The lowest BCUT2D eigenvalue weighted by Crippen LogP contribution is -2.40. The Labute approximate surface area is 109 Å². The van der Waals surface area contributed by atoms with Crippen LogP contribution in [0.2, 0.25) is 0 Å². The Hall–Kier alpha value is -0.940. The van der Waals surface area contributed by atoms with E-state index >= 15 is 0 Å². The number of anilines is 1. The number of hydrogen-bond acceptors (Lipinski definition) is 3. The van der Waals surface area contributed by atoms with E-state index in [1.54, 1.807) is 6.20 Å². The molecule has 2 unspecified atom stereocenters. The normalized spacial score (nSPS) is 24.4. The maximum absolute atomic E-state index is 12.1. The number of carbonyl (C=O) groups excluding carboxylic acids is 1. The Morgan fingerprint density at radius 3 is 3.18 bits per heavy atom. The van der Waals surface area contributed by atoms with Crippen molar-refractivity contribution in [3.05, 3.63) is 22.8 Å². The number of pyridine rings is 1. The second-order valence-electron chi connectivity index (χ2n) is 4.40. The standard InChI is InChI=1S/C12H16BrN3O/c1-8-7-9(4-6-14-8)12(17)16-11-10(13)3-2-5-15-11/h2-3,5,8-9,14H,4,6-7H2,1H3,(H,15,16,17). The number of nitrogens with one attached hydrogen (secondary N) is 2. The van der Waals surface area contributed by atoms with E-state index < -0.39 is 0 Å². The molecule has 1 amide bonds. The molecule has 1 fully saturated rings. The lowest BCUT2D eigenvalue weighted by Gasteiger charge is -2.27. The summed E-state index contributed by atoms with van der Waals surface area (Å²) in [6.45, 7) is 3.01. The van der Waals surface area contributed by atoms with Gasteiger partial charge in [-0.3, -0.25) is 4.79 Å². The summed E-state index contributed by atoms with van der Waals surface area (Å²) >= 11 is 3.37. The lowest BCUT2D eigenvalue weighted by atomic mass is 9.92. The summed E-state index contributed by atoms with van der Waals surface area (Å²) in [5, 5.41) is 6.21. The summed E-state index contributed by atoms with van der Waals surface area (Å²) < 4.78 is 0.815. The molecular weight excluding hydrogens is 282 g/mol. The number of halogens is 1. The van der Waals surface area contributed by atoms with E-state index in [1.807, 2.05) is 12.1 Å². The van der Waals surface area contributed by atoms with Crippen LogP contribution in [0.25, 0.3) is 0 Å². The zero-order chi connectivity index (χ0) is 12.3. The molecule has 92 valence electrons. The third kappa shape index (κ3) is 3.26. The fourth-order valence-electron chi connectivity index (χ4n) is 2.07. The first-order valence-corrected chi connectivity index (χ1v) is 6.61. The first-order valence-electron chi connectivity index (χ1n) is 5.81. The third-order valence-electron chi connectivity index (χ3n) is 2.99. The number of carbonyl (C=O) groups is 1. The Morgan fingerprint density at radius 2 is 2.47 bits per heavy atom. The van der Waals surface area contributed by atoms with Crippen LogP contribution < -0.4 is 10.6 Å². The van der Waals surface area contributed by atoms with Crippen molar-refractivity contribution in [3.63, 3.8) is 0 Å². The average Bonchev–Trinajstić information content (AvgIpc) is 2.32. The molecule has 0 aromatic carbocycles. The van der Waals surface area contributed by atoms with Gasteiger partial charge < -0.3 is 10.6 Å². The van der Waals surface area contributed by atoms with E-state index in [2.05, 4.69) is 38.5 Å². The zero-order valence-electron chi connectivity index (χ0n) is 9.74. The van der Waals surface area contributed by atoms with E-state index in [4.69, 9.17) is 0 Å². The van der Waals surface area contributed by atoms with Crippen molar-refractivity contribution in [2.45, 2.75) is 25.8 Å². The van der Waals surface area contributed by atoms with Crippen molar-refractivity contribution in [1.29, 1.82) is 0 Å². The van der Waals surface area contributed by atoms with Crippen molar-refractivity contribution < 1.29 is 4.79 Å². The first kappa shape index (κ1) is 12.5. The van der Waals surface area contributed by atoms with Crippen molar-refractivity contribution in [3.8, 4) is 0 Å². The molecule has 2 rings (SSSR count). The van der Waals surface area contributed by atoms with Crippen LogP contribution in [0.3, 0.4) is 0 Å². The van der Waals surface area contributed by atoms with Crippen LogP contribution in [0, 0.1) is 5.92 Å². The number of rotatable bonds is 2. The van der Waals surface area contributed by atoms with Gasteiger partial charge in [-0.25, -0.2) is 4.98 Å². The minimum atomic E-state index is 0.0674. The molecule has 1 saturated heterocycles. The second kappa shape index (κ2) is 5.60. The van der Waals surface area contributed by atoms with Crippen LogP contribution in [-0.2, 0) is 4.79 Å². The van der Waals surface area contributed by atoms with Gasteiger partial charge in [0.1, 0.15) is 5.82 Å². The van der Waals surface area contributed by atoms with Gasteiger partial charge in [0, 0.05) is 18.2 Å². The Bertz CT molecular complexity index is 410. The summed E-state index contributed by atoms with van der Waals surface area (Å²) in [5.74, 6) is 0.751. The molecule has 0 spiro atoms. The van der Waals surface area contributed by atoms with E-state index in [-0.39, 0.29) is 11.8 Å². The molecule has 4 nitrogen and oxygen atoms in total. The summed E-state index contributed by atoms with van der Waals surface area (Å²) in [5.41, 5.74) is 0. The van der Waals surface area contributed by atoms with Crippen molar-refractivity contribution in [2.24, 2.45) is 5.92 Å². The Morgan fingerprint density at radius 1 is 1.65 bits per heavy atom. The number of hydrogen-bond donors (Lipinski definition) is 2. The molecule has 1 aromatic rings. The molecule has 2 heterocycles. The highest BCUT2D eigenvalue weighted by molar-refractivity contribution is 9.10. The third-order valence-corrected chi connectivity index (χ3v) is 3.63. The quantitative estimate of drug-likeness (QED) is 0.880. The van der Waals surface area contributed by atoms with E-state index in [9.17, 15) is 4.79 Å². The number of piperidine rings is 1. The van der Waals surface area contributed by atoms with Gasteiger partial charge in [0.25, 0.3) is 0 Å². The average molecular weight is 298 g/mol. The lowest BCUT2D eigenvalue weighted by molar-refractivity contribution is -0.120. The molecule has 0 saturated carbocycles. The van der Waals surface area contributed by atoms with Crippen molar-refractivity contribution >= 4 is 27.7 Å². The SMILES string of the molecule is CC1CC(C(=O)Nc2ncccc2Br)CCN1. The van der Waals surface area contributed by atoms with E-state index in [0.29, 0.717) is 11.9 Å². The highest BCUT2D eigenvalue weighted by atomic mass is 79.9. The number of aromatic nitrogens is 1. The van der Waals surface area contributed by atoms with Gasteiger partial charge in [-0.1, -0.05) is 0 Å². The molecule has 0 bridgehead atoms. The van der Waals surface area contributed by atoms with Gasteiger partial charge in [0.15, 0.2) is 0 Å². The fourth-order valence-corrected chi connectivity index (χ4v) is 2.42. The van der Waals surface area contributed by atoms with Crippen molar-refractivity contribution in [2.75, 3.05) is 11.9 Å². The largest absolute Gasteiger partial charge is 0.314 e. The second-order valence-corrected chi connectivity index (χ2v) is 5.25. The Balaban J connectivity index is 1.99. The highest BCUT2D eigenvalue weighted by Gasteiger charge is 2.25. The predicted octanol–water partition coefficient (Wildman–Crippen LogP) is 2.17. The van der Waals surface area contributed by atoms with Crippen LogP contribution in [0.15, 0.2) is 22.8 Å². The van der Waals surface area contributed by atoms with Gasteiger partial charge in [-0.15, -0.1) is 0 Å².